The van der Waals surface area contributed by atoms with Gasteiger partial charge in [-0.05, 0) is 68.5 Å². The largest absolute Gasteiger partial charge is 0.457 e. The molecule has 1 aromatic carbocycles. The number of aryl methyl sites for hydroxylation is 1. The Bertz CT molecular complexity index is 1220. The van der Waals surface area contributed by atoms with Crippen molar-refractivity contribution in [3.8, 4) is 0 Å². The van der Waals surface area contributed by atoms with Crippen LogP contribution in [0, 0.1) is 5.92 Å². The van der Waals surface area contributed by atoms with E-state index in [0.29, 0.717) is 32.2 Å². The SMILES string of the molecule is CC1NC(=O)[C@H](C(C)C)NC(=O)CCCc2cc3cc(ccc3cn2)[C@@H](C)OC(=O)[C@@H]2CCCN(N2)C1=O. The highest BCUT2D eigenvalue weighted by Crippen LogP contribution is 2.24. The van der Waals surface area contributed by atoms with E-state index in [0.717, 1.165) is 22.0 Å². The second-order valence-electron chi connectivity index (χ2n) is 10.5. The highest BCUT2D eigenvalue weighted by Gasteiger charge is 2.33. The van der Waals surface area contributed by atoms with Crippen LogP contribution in [0.25, 0.3) is 10.8 Å². The molecule has 10 heteroatoms. The second kappa shape index (κ2) is 11.9. The van der Waals surface area contributed by atoms with Gasteiger partial charge >= 0.3 is 5.97 Å². The lowest BCUT2D eigenvalue weighted by Gasteiger charge is -2.35. The molecule has 4 rings (SSSR count). The first-order valence-corrected chi connectivity index (χ1v) is 13.4. The number of esters is 1. The predicted molar refractivity (Wildman–Crippen MR) is 141 cm³/mol. The lowest BCUT2D eigenvalue weighted by Crippen LogP contribution is -2.61. The number of fused-ring (bicyclic) bond motifs is 4. The molecular formula is C28H37N5O5. The van der Waals surface area contributed by atoms with Crippen molar-refractivity contribution in [2.24, 2.45) is 5.92 Å². The molecular weight excluding hydrogens is 486 g/mol. The molecule has 3 heterocycles. The van der Waals surface area contributed by atoms with E-state index in [-0.39, 0.29) is 24.2 Å². The van der Waals surface area contributed by atoms with Crippen molar-refractivity contribution < 1.29 is 23.9 Å². The van der Waals surface area contributed by atoms with Gasteiger partial charge in [-0.2, -0.15) is 0 Å². The van der Waals surface area contributed by atoms with E-state index in [1.54, 1.807) is 13.1 Å². The summed E-state index contributed by atoms with van der Waals surface area (Å²) >= 11 is 0. The molecule has 0 spiro atoms. The van der Waals surface area contributed by atoms with Gasteiger partial charge in [0.05, 0.1) is 0 Å². The number of nitrogens with zero attached hydrogens (tertiary/aromatic N) is 2. The Labute approximate surface area is 222 Å². The van der Waals surface area contributed by atoms with Gasteiger partial charge in [-0.1, -0.05) is 26.0 Å². The summed E-state index contributed by atoms with van der Waals surface area (Å²) in [5.74, 6) is -1.62. The van der Waals surface area contributed by atoms with Crippen LogP contribution >= 0.6 is 0 Å². The van der Waals surface area contributed by atoms with E-state index in [9.17, 15) is 19.2 Å². The second-order valence-corrected chi connectivity index (χ2v) is 10.5. The van der Waals surface area contributed by atoms with Crippen LogP contribution < -0.4 is 16.1 Å². The standard InChI is InChI=1S/C28H37N5O5/c1-16(2)25-26(35)30-17(3)27(36)33-12-6-8-23(32-33)28(37)38-18(4)19-10-11-20-15-29-22(14-21(20)13-19)7-5-9-24(34)31-25/h10-11,13-18,23,25,32H,5-9,12H2,1-4H3,(H,30,35)(H,31,34)/t17?,18-,23+,25+/m1/s1. The van der Waals surface area contributed by atoms with Crippen molar-refractivity contribution in [3.05, 3.63) is 41.7 Å². The van der Waals surface area contributed by atoms with Crippen LogP contribution in [0.4, 0.5) is 0 Å². The molecule has 2 aliphatic heterocycles. The quantitative estimate of drug-likeness (QED) is 0.489. The average molecular weight is 524 g/mol. The van der Waals surface area contributed by atoms with Crippen molar-refractivity contribution in [3.63, 3.8) is 0 Å². The Morgan fingerprint density at radius 1 is 1.00 bits per heavy atom. The highest BCUT2D eigenvalue weighted by molar-refractivity contribution is 5.92. The van der Waals surface area contributed by atoms with Crippen molar-refractivity contribution in [2.45, 2.75) is 84.0 Å². The number of carbonyl (C=O) groups is 4. The van der Waals surface area contributed by atoms with E-state index >= 15 is 0 Å². The van der Waals surface area contributed by atoms with Gasteiger partial charge in [0.2, 0.25) is 11.8 Å². The van der Waals surface area contributed by atoms with Crippen molar-refractivity contribution >= 4 is 34.5 Å². The highest BCUT2D eigenvalue weighted by atomic mass is 16.5. The zero-order chi connectivity index (χ0) is 27.4. The molecule has 1 fully saturated rings. The molecule has 0 aliphatic carbocycles. The first kappa shape index (κ1) is 27.5. The summed E-state index contributed by atoms with van der Waals surface area (Å²) in [7, 11) is 0. The molecule has 5 bridgehead atoms. The van der Waals surface area contributed by atoms with Gasteiger partial charge in [0.15, 0.2) is 0 Å². The van der Waals surface area contributed by atoms with Crippen molar-refractivity contribution in [1.82, 2.24) is 26.1 Å². The number of nitrogens with one attached hydrogen (secondary N) is 3. The predicted octanol–water partition coefficient (Wildman–Crippen LogP) is 2.32. The fourth-order valence-corrected chi connectivity index (χ4v) is 4.84. The molecule has 0 saturated carbocycles. The molecule has 10 nitrogen and oxygen atoms in total. The number of hydrogen-bond acceptors (Lipinski definition) is 7. The summed E-state index contributed by atoms with van der Waals surface area (Å²) in [5.41, 5.74) is 4.69. The number of hydrazine groups is 1. The smallest absolute Gasteiger partial charge is 0.325 e. The van der Waals surface area contributed by atoms with Crippen LogP contribution in [0.2, 0.25) is 0 Å². The lowest BCUT2D eigenvalue weighted by molar-refractivity contribution is -0.157. The minimum atomic E-state index is -0.847. The summed E-state index contributed by atoms with van der Waals surface area (Å²) < 4.78 is 5.78. The van der Waals surface area contributed by atoms with Gasteiger partial charge in [0, 0.05) is 30.2 Å². The van der Waals surface area contributed by atoms with E-state index < -0.39 is 36.1 Å². The number of pyridine rings is 1. The number of amides is 3. The average Bonchev–Trinajstić information content (AvgIpc) is 2.90. The zero-order valence-corrected chi connectivity index (χ0v) is 22.5. The summed E-state index contributed by atoms with van der Waals surface area (Å²) in [6, 6.07) is 5.55. The minimum absolute atomic E-state index is 0.173. The molecule has 1 unspecified atom stereocenters. The topological polar surface area (TPSA) is 130 Å². The Balaban J connectivity index is 1.60. The minimum Gasteiger partial charge on any atom is -0.457 e. The summed E-state index contributed by atoms with van der Waals surface area (Å²) in [6.45, 7) is 7.51. The molecule has 3 amide bonds. The van der Waals surface area contributed by atoms with Crippen LogP contribution in [-0.2, 0) is 30.3 Å². The van der Waals surface area contributed by atoms with Gasteiger partial charge in [-0.25, -0.2) is 5.43 Å². The first-order chi connectivity index (χ1) is 18.1. The van der Waals surface area contributed by atoms with Gasteiger partial charge < -0.3 is 15.4 Å². The monoisotopic (exact) mass is 523 g/mol. The maximum Gasteiger partial charge on any atom is 0.325 e. The Hall–Kier alpha value is -3.53. The van der Waals surface area contributed by atoms with Crippen LogP contribution in [0.5, 0.6) is 0 Å². The van der Waals surface area contributed by atoms with Crippen LogP contribution in [0.1, 0.15) is 70.7 Å². The van der Waals surface area contributed by atoms with Gasteiger partial charge in [0.25, 0.3) is 5.91 Å². The van der Waals surface area contributed by atoms with Crippen LogP contribution in [0.3, 0.4) is 0 Å². The maximum atomic E-state index is 13.1. The summed E-state index contributed by atoms with van der Waals surface area (Å²) in [5, 5.41) is 8.88. The number of cyclic esters (lactones) is 1. The number of benzene rings is 1. The fraction of sp³-hybridized carbons (Fsp3) is 0.536. The number of aromatic nitrogens is 1. The van der Waals surface area contributed by atoms with Crippen molar-refractivity contribution in [2.75, 3.05) is 6.54 Å². The molecule has 204 valence electrons. The van der Waals surface area contributed by atoms with Crippen LogP contribution in [-0.4, -0.2) is 58.4 Å². The third-order valence-electron chi connectivity index (χ3n) is 7.13. The molecule has 1 saturated heterocycles. The van der Waals surface area contributed by atoms with Crippen LogP contribution in [0.15, 0.2) is 30.5 Å². The number of hydrogen-bond donors (Lipinski definition) is 3. The normalized spacial score (nSPS) is 26.2. The summed E-state index contributed by atoms with van der Waals surface area (Å²) in [4.78, 5) is 56.3. The van der Waals surface area contributed by atoms with Gasteiger partial charge in [0.1, 0.15) is 24.2 Å². The Kier molecular flexibility index (Phi) is 8.61. The molecule has 4 atom stereocenters. The Morgan fingerprint density at radius 3 is 2.55 bits per heavy atom. The fourth-order valence-electron chi connectivity index (χ4n) is 4.84. The molecule has 38 heavy (non-hydrogen) atoms. The van der Waals surface area contributed by atoms with E-state index in [1.165, 1.54) is 5.01 Å². The molecule has 2 aromatic rings. The molecule has 3 N–H and O–H groups in total. The van der Waals surface area contributed by atoms with E-state index in [4.69, 9.17) is 4.74 Å². The molecule has 1 aromatic heterocycles. The maximum absolute atomic E-state index is 13.1. The van der Waals surface area contributed by atoms with E-state index in [1.807, 2.05) is 45.0 Å². The van der Waals surface area contributed by atoms with Gasteiger partial charge in [-0.3, -0.25) is 29.2 Å². The Morgan fingerprint density at radius 2 is 1.79 bits per heavy atom. The summed E-state index contributed by atoms with van der Waals surface area (Å²) in [6.07, 6.45) is 3.89. The third-order valence-corrected chi connectivity index (χ3v) is 7.13. The molecule has 0 radical (unpaired) electrons. The first-order valence-electron chi connectivity index (χ1n) is 13.4. The number of rotatable bonds is 1. The third kappa shape index (κ3) is 6.48. The zero-order valence-electron chi connectivity index (χ0n) is 22.5. The van der Waals surface area contributed by atoms with E-state index in [2.05, 4.69) is 21.0 Å². The molecule has 2 aliphatic rings. The number of ether oxygens (including phenoxy) is 1. The van der Waals surface area contributed by atoms with Gasteiger partial charge in [-0.15, -0.1) is 0 Å². The van der Waals surface area contributed by atoms with Crippen molar-refractivity contribution in [1.29, 1.82) is 0 Å². The lowest BCUT2D eigenvalue weighted by atomic mass is 10.0. The number of carbonyl (C=O) groups excluding carboxylic acids is 4.